The van der Waals surface area contributed by atoms with Crippen LogP contribution in [0.2, 0.25) is 0 Å². The van der Waals surface area contributed by atoms with Crippen molar-refractivity contribution in [2.24, 2.45) is 0 Å². The van der Waals surface area contributed by atoms with Crippen molar-refractivity contribution in [1.82, 2.24) is 0 Å². The smallest absolute Gasteiger partial charge is 0.338 e. The molecular formula is C17H25B2O5. The van der Waals surface area contributed by atoms with Gasteiger partial charge in [-0.05, 0) is 44.9 Å². The van der Waals surface area contributed by atoms with E-state index in [4.69, 9.17) is 15.9 Å². The van der Waals surface area contributed by atoms with Crippen molar-refractivity contribution in [2.75, 3.05) is 19.8 Å². The highest BCUT2D eigenvalue weighted by Crippen LogP contribution is 2.08. The molecular weight excluding hydrogens is 306 g/mol. The van der Waals surface area contributed by atoms with Gasteiger partial charge in [0.05, 0.1) is 24.3 Å². The Morgan fingerprint density at radius 3 is 1.83 bits per heavy atom. The Labute approximate surface area is 147 Å². The van der Waals surface area contributed by atoms with Crippen molar-refractivity contribution in [3.05, 3.63) is 35.4 Å². The number of benzene rings is 1. The lowest BCUT2D eigenvalue weighted by Gasteiger charge is -2.06. The fourth-order valence-corrected chi connectivity index (χ4v) is 1.80. The lowest BCUT2D eigenvalue weighted by atomic mass is 9.81. The highest BCUT2D eigenvalue weighted by atomic mass is 16.5. The molecule has 1 aromatic rings. The maximum absolute atomic E-state index is 11.8. The number of aliphatic hydroxyl groups excluding tert-OH is 1. The molecule has 0 aliphatic heterocycles. The number of hydrogen-bond donors (Lipinski definition) is 1. The van der Waals surface area contributed by atoms with Gasteiger partial charge >= 0.3 is 11.9 Å². The number of ether oxygens (including phenoxy) is 2. The number of rotatable bonds is 10. The highest BCUT2D eigenvalue weighted by Gasteiger charge is 2.10. The number of esters is 2. The summed E-state index contributed by atoms with van der Waals surface area (Å²) in [5, 5.41) is 8.64. The lowest BCUT2D eigenvalue weighted by molar-refractivity contribution is 0.0481. The normalized spacial score (nSPS) is 10.0. The molecule has 0 atom stereocenters. The fraction of sp³-hybridized carbons (Fsp3) is 0.529. The zero-order valence-electron chi connectivity index (χ0n) is 15.2. The first-order valence-electron chi connectivity index (χ1n) is 8.65. The van der Waals surface area contributed by atoms with Crippen molar-refractivity contribution in [3.63, 3.8) is 0 Å². The van der Waals surface area contributed by atoms with Crippen molar-refractivity contribution < 1.29 is 24.2 Å². The maximum Gasteiger partial charge on any atom is 0.338 e. The van der Waals surface area contributed by atoms with Crippen LogP contribution in [0.3, 0.4) is 0 Å². The predicted molar refractivity (Wildman–Crippen MR) is 95.8 cm³/mol. The fourth-order valence-electron chi connectivity index (χ4n) is 1.80. The lowest BCUT2D eigenvalue weighted by Crippen LogP contribution is -2.09. The molecule has 0 fully saturated rings. The third-order valence-corrected chi connectivity index (χ3v) is 3.12. The van der Waals surface area contributed by atoms with Gasteiger partial charge in [0.1, 0.15) is 0 Å². The van der Waals surface area contributed by atoms with Crippen LogP contribution in [-0.4, -0.2) is 53.6 Å². The van der Waals surface area contributed by atoms with Gasteiger partial charge in [-0.3, -0.25) is 0 Å². The van der Waals surface area contributed by atoms with E-state index in [9.17, 15) is 9.59 Å². The van der Waals surface area contributed by atoms with Gasteiger partial charge in [0.2, 0.25) is 0 Å². The SMILES string of the molecule is CCCCCOC(=O)c1ccc(C(=O)OCCCCO)cc1.[3H][B][B]. The average Bonchev–Trinajstić information content (AvgIpc) is 2.63. The molecule has 1 aromatic carbocycles. The van der Waals surface area contributed by atoms with E-state index < -0.39 is 5.97 Å². The summed E-state index contributed by atoms with van der Waals surface area (Å²) >= 11 is 0. The van der Waals surface area contributed by atoms with Gasteiger partial charge in [-0.15, -0.1) is 0 Å². The van der Waals surface area contributed by atoms with Crippen molar-refractivity contribution >= 4 is 27.4 Å². The first-order valence-corrected chi connectivity index (χ1v) is 8.07. The topological polar surface area (TPSA) is 72.8 Å². The molecule has 0 amide bonds. The number of hydrogen-bond acceptors (Lipinski definition) is 5. The van der Waals surface area contributed by atoms with Crippen LogP contribution in [0.25, 0.3) is 0 Å². The molecule has 0 aliphatic rings. The second kappa shape index (κ2) is 14.8. The molecule has 3 radical (unpaired) electrons. The predicted octanol–water partition coefficient (Wildman–Crippen LogP) is 1.93. The average molecular weight is 333 g/mol. The number of carbonyl (C=O) groups is 2. The molecule has 0 unspecified atom stereocenters. The van der Waals surface area contributed by atoms with E-state index in [-0.39, 0.29) is 19.2 Å². The molecule has 0 aliphatic carbocycles. The molecule has 0 aromatic heterocycles. The van der Waals surface area contributed by atoms with E-state index in [1.165, 1.54) is 0 Å². The minimum absolute atomic E-state index is 0.0899. The summed E-state index contributed by atoms with van der Waals surface area (Å²) in [5.74, 6) is -0.806. The van der Waals surface area contributed by atoms with Crippen LogP contribution in [0, 0.1) is 0 Å². The van der Waals surface area contributed by atoms with Crippen LogP contribution >= 0.6 is 0 Å². The van der Waals surface area contributed by atoms with Crippen LogP contribution in [-0.2, 0) is 9.47 Å². The summed E-state index contributed by atoms with van der Waals surface area (Å²) in [4.78, 5) is 23.5. The summed E-state index contributed by atoms with van der Waals surface area (Å²) < 4.78 is 16.1. The zero-order chi connectivity index (χ0) is 18.9. The minimum atomic E-state index is -0.430. The van der Waals surface area contributed by atoms with Gasteiger partial charge in [0, 0.05) is 22.0 Å². The highest BCUT2D eigenvalue weighted by molar-refractivity contribution is 6.75. The zero-order valence-corrected chi connectivity index (χ0v) is 14.2. The second-order valence-electron chi connectivity index (χ2n) is 4.99. The molecule has 0 saturated heterocycles. The Balaban J connectivity index is 0.00000178. The van der Waals surface area contributed by atoms with Crippen molar-refractivity contribution in [2.45, 2.75) is 39.0 Å². The second-order valence-corrected chi connectivity index (χ2v) is 4.99. The molecule has 0 spiro atoms. The monoisotopic (exact) mass is 333 g/mol. The van der Waals surface area contributed by atoms with Gasteiger partial charge in [0.15, 0.2) is 0 Å². The van der Waals surface area contributed by atoms with Gasteiger partial charge < -0.3 is 14.6 Å². The van der Waals surface area contributed by atoms with Crippen LogP contribution < -0.4 is 0 Å². The molecule has 0 saturated carbocycles. The Bertz CT molecular complexity index is 439. The first-order chi connectivity index (χ1) is 12.1. The quantitative estimate of drug-likeness (QED) is 0.402. The Kier molecular flexibility index (Phi) is 12.5. The summed E-state index contributed by atoms with van der Waals surface area (Å²) in [6.07, 6.45) is 4.21. The summed E-state index contributed by atoms with van der Waals surface area (Å²) in [6, 6.07) is 6.23. The van der Waals surface area contributed by atoms with E-state index in [0.717, 1.165) is 27.0 Å². The number of unbranched alkanes of at least 4 members (excludes halogenated alkanes) is 3. The van der Waals surface area contributed by atoms with E-state index in [1.54, 1.807) is 24.3 Å². The standard InChI is InChI=1S/C17H24O5.B2H/c1-2-3-5-12-21-16(19)14-7-9-15(10-8-14)17(20)22-13-6-4-11-18;1-2/h7-10,18H,2-6,11-13H2,1H3;1H/i;1T. The van der Waals surface area contributed by atoms with Gasteiger partial charge in [0.25, 0.3) is 0 Å². The van der Waals surface area contributed by atoms with E-state index >= 15 is 0 Å². The third kappa shape index (κ3) is 9.40. The first kappa shape index (κ1) is 20.3. The molecule has 0 heterocycles. The van der Waals surface area contributed by atoms with Gasteiger partial charge in [-0.2, -0.15) is 0 Å². The van der Waals surface area contributed by atoms with Crippen LogP contribution in [0.4, 0.5) is 0 Å². The van der Waals surface area contributed by atoms with Gasteiger partial charge in [-0.25, -0.2) is 9.59 Å². The van der Waals surface area contributed by atoms with E-state index in [1.807, 2.05) is 0 Å². The third-order valence-electron chi connectivity index (χ3n) is 3.12. The molecule has 1 N–H and O–H groups in total. The molecule has 24 heavy (non-hydrogen) atoms. The number of carbonyl (C=O) groups excluding carboxylic acids is 2. The Morgan fingerprint density at radius 2 is 1.46 bits per heavy atom. The van der Waals surface area contributed by atoms with Crippen LogP contribution in [0.5, 0.6) is 0 Å². The molecule has 5 nitrogen and oxygen atoms in total. The van der Waals surface area contributed by atoms with Crippen LogP contribution in [0.15, 0.2) is 24.3 Å². The largest absolute Gasteiger partial charge is 0.462 e. The van der Waals surface area contributed by atoms with Crippen molar-refractivity contribution in [3.8, 4) is 0 Å². The minimum Gasteiger partial charge on any atom is -0.462 e. The summed E-state index contributed by atoms with van der Waals surface area (Å²) in [7, 11) is 5.14. The number of aliphatic hydroxyl groups is 1. The Hall–Kier alpha value is -1.75. The summed E-state index contributed by atoms with van der Waals surface area (Å²) in [6.45, 7) is 2.87. The molecule has 0 bridgehead atoms. The van der Waals surface area contributed by atoms with Crippen LogP contribution in [0.1, 0.15) is 59.7 Å². The molecule has 7 heteroatoms. The Morgan fingerprint density at radius 1 is 1.04 bits per heavy atom. The van der Waals surface area contributed by atoms with Crippen molar-refractivity contribution in [1.29, 1.82) is 1.34 Å². The molecule has 1 rings (SSSR count). The molecule has 129 valence electrons. The van der Waals surface area contributed by atoms with E-state index in [0.29, 0.717) is 30.6 Å². The van der Waals surface area contributed by atoms with E-state index in [2.05, 4.69) is 14.7 Å². The van der Waals surface area contributed by atoms with Gasteiger partial charge in [-0.1, -0.05) is 19.8 Å². The summed E-state index contributed by atoms with van der Waals surface area (Å²) in [5.41, 5.74) is 0.819. The maximum atomic E-state index is 11.8.